The molecule has 0 unspecified atom stereocenters. The van der Waals surface area contributed by atoms with Gasteiger partial charge in [-0.3, -0.25) is 9.59 Å². The molecule has 1 aliphatic heterocycles. The minimum atomic E-state index is -0.356. The number of fused-ring (bicyclic) bond motifs is 1. The lowest BCUT2D eigenvalue weighted by atomic mass is 10.2. The van der Waals surface area contributed by atoms with Gasteiger partial charge in [0.2, 0.25) is 0 Å². The fourth-order valence-electron chi connectivity index (χ4n) is 3.34. The number of carbonyl (C=O) groups excluding carboxylic acids is 2. The number of hydrogen-bond donors (Lipinski definition) is 1. The highest BCUT2D eigenvalue weighted by molar-refractivity contribution is 8.19. The number of rotatable bonds is 8. The second kappa shape index (κ2) is 10.6. The van der Waals surface area contributed by atoms with Gasteiger partial charge in [0.25, 0.3) is 5.91 Å². The van der Waals surface area contributed by atoms with Crippen LogP contribution in [0.5, 0.6) is 5.75 Å². The average molecular weight is 470 g/mol. The second-order valence-corrected chi connectivity index (χ2v) is 9.75. The Hall–Kier alpha value is -2.91. The molecule has 166 valence electrons. The number of hydrogen-bond acceptors (Lipinski definition) is 7. The fourth-order valence-corrected chi connectivity index (χ4v) is 6.20. The van der Waals surface area contributed by atoms with E-state index in [9.17, 15) is 9.59 Å². The van der Waals surface area contributed by atoms with Crippen molar-refractivity contribution >= 4 is 52.5 Å². The van der Waals surface area contributed by atoms with Gasteiger partial charge in [-0.15, -0.1) is 23.5 Å². The standard InChI is InChI=1S/C23H23N3O4S2/c1-29-22(28)14-26-13-17(19-4-2-3-5-20(19)26)12-24-25-21(27)15-30-18-8-6-16(7-9-18)23-31-10-11-32-23/h2-9,12-13,23H,10-11,14-15H2,1H3,(H,25,27)/b24-12-. The Morgan fingerprint density at radius 2 is 1.91 bits per heavy atom. The smallest absolute Gasteiger partial charge is 0.325 e. The normalized spacial score (nSPS) is 14.2. The third-order valence-electron chi connectivity index (χ3n) is 4.88. The first-order chi connectivity index (χ1) is 15.6. The molecule has 7 nitrogen and oxygen atoms in total. The van der Waals surface area contributed by atoms with E-state index in [0.29, 0.717) is 10.3 Å². The number of nitrogens with zero attached hydrogens (tertiary/aromatic N) is 2. The highest BCUT2D eigenvalue weighted by Gasteiger charge is 2.18. The van der Waals surface area contributed by atoms with Crippen LogP contribution < -0.4 is 10.2 Å². The number of para-hydroxylation sites is 1. The van der Waals surface area contributed by atoms with E-state index in [-0.39, 0.29) is 25.0 Å². The van der Waals surface area contributed by atoms with E-state index in [2.05, 4.69) is 10.5 Å². The molecular weight excluding hydrogens is 446 g/mol. The number of esters is 1. The van der Waals surface area contributed by atoms with Crippen LogP contribution in [-0.2, 0) is 20.9 Å². The van der Waals surface area contributed by atoms with Crippen molar-refractivity contribution in [3.63, 3.8) is 0 Å². The number of benzene rings is 2. The molecule has 1 aromatic heterocycles. The maximum absolute atomic E-state index is 12.1. The van der Waals surface area contributed by atoms with Gasteiger partial charge in [-0.25, -0.2) is 5.43 Å². The molecule has 1 aliphatic rings. The average Bonchev–Trinajstić information content (AvgIpc) is 3.47. The predicted molar refractivity (Wildman–Crippen MR) is 129 cm³/mol. The van der Waals surface area contributed by atoms with Crippen molar-refractivity contribution in [3.05, 3.63) is 65.9 Å². The summed E-state index contributed by atoms with van der Waals surface area (Å²) in [6.45, 7) is -0.0321. The second-order valence-electron chi connectivity index (χ2n) is 7.03. The van der Waals surface area contributed by atoms with E-state index in [4.69, 9.17) is 9.47 Å². The number of methoxy groups -OCH3 is 1. The molecule has 0 saturated carbocycles. The molecule has 1 saturated heterocycles. The summed E-state index contributed by atoms with van der Waals surface area (Å²) >= 11 is 3.90. The van der Waals surface area contributed by atoms with Crippen LogP contribution in [-0.4, -0.2) is 47.9 Å². The first kappa shape index (κ1) is 22.3. The van der Waals surface area contributed by atoms with Crippen LogP contribution in [0.25, 0.3) is 10.9 Å². The first-order valence-corrected chi connectivity index (χ1v) is 12.2. The van der Waals surface area contributed by atoms with Gasteiger partial charge in [-0.2, -0.15) is 5.10 Å². The molecule has 9 heteroatoms. The van der Waals surface area contributed by atoms with E-state index in [0.717, 1.165) is 16.5 Å². The quantitative estimate of drug-likeness (QED) is 0.307. The number of amides is 1. The van der Waals surface area contributed by atoms with Crippen LogP contribution in [0, 0.1) is 0 Å². The Bertz CT molecular complexity index is 1120. The zero-order valence-electron chi connectivity index (χ0n) is 17.5. The number of nitrogens with one attached hydrogen (secondary N) is 1. The minimum Gasteiger partial charge on any atom is -0.484 e. The van der Waals surface area contributed by atoms with E-state index < -0.39 is 0 Å². The maximum Gasteiger partial charge on any atom is 0.325 e. The van der Waals surface area contributed by atoms with Gasteiger partial charge in [0.1, 0.15) is 12.3 Å². The number of carbonyl (C=O) groups is 2. The van der Waals surface area contributed by atoms with Crippen LogP contribution in [0.2, 0.25) is 0 Å². The Morgan fingerprint density at radius 1 is 1.16 bits per heavy atom. The lowest BCUT2D eigenvalue weighted by molar-refractivity contribution is -0.141. The monoisotopic (exact) mass is 469 g/mol. The predicted octanol–water partition coefficient (Wildman–Crippen LogP) is 3.82. The summed E-state index contributed by atoms with van der Waals surface area (Å²) in [6, 6.07) is 15.5. The first-order valence-electron chi connectivity index (χ1n) is 10.1. The van der Waals surface area contributed by atoms with Gasteiger partial charge in [0.15, 0.2) is 6.61 Å². The van der Waals surface area contributed by atoms with Crippen molar-refractivity contribution in [2.75, 3.05) is 25.2 Å². The largest absolute Gasteiger partial charge is 0.484 e. The molecule has 1 fully saturated rings. The van der Waals surface area contributed by atoms with Gasteiger partial charge in [0, 0.05) is 34.2 Å². The fraction of sp³-hybridized carbons (Fsp3) is 0.261. The summed E-state index contributed by atoms with van der Waals surface area (Å²) in [5, 5.41) is 4.96. The molecule has 3 aromatic rings. The summed E-state index contributed by atoms with van der Waals surface area (Å²) in [7, 11) is 1.36. The summed E-state index contributed by atoms with van der Waals surface area (Å²) in [5.74, 6) is 2.31. The van der Waals surface area contributed by atoms with E-state index in [1.54, 1.807) is 17.0 Å². The number of ether oxygens (including phenoxy) is 2. The zero-order valence-corrected chi connectivity index (χ0v) is 19.2. The van der Waals surface area contributed by atoms with Gasteiger partial charge in [-0.05, 0) is 23.8 Å². The molecule has 4 rings (SSSR count). The molecule has 2 aromatic carbocycles. The Morgan fingerprint density at radius 3 is 2.66 bits per heavy atom. The molecule has 2 heterocycles. The summed E-state index contributed by atoms with van der Waals surface area (Å²) in [4.78, 5) is 23.8. The van der Waals surface area contributed by atoms with E-state index in [1.807, 2.05) is 72.1 Å². The van der Waals surface area contributed by atoms with Crippen molar-refractivity contribution < 1.29 is 19.1 Å². The lowest BCUT2D eigenvalue weighted by Crippen LogP contribution is -2.24. The van der Waals surface area contributed by atoms with Gasteiger partial charge in [0.05, 0.1) is 17.9 Å². The highest BCUT2D eigenvalue weighted by atomic mass is 32.2. The molecule has 0 spiro atoms. The third kappa shape index (κ3) is 5.46. The van der Waals surface area contributed by atoms with Crippen molar-refractivity contribution in [1.82, 2.24) is 9.99 Å². The van der Waals surface area contributed by atoms with Gasteiger partial charge >= 0.3 is 5.97 Å². The minimum absolute atomic E-state index is 0.0992. The van der Waals surface area contributed by atoms with E-state index in [1.165, 1.54) is 24.2 Å². The molecule has 1 N–H and O–H groups in total. The van der Waals surface area contributed by atoms with Crippen LogP contribution in [0.4, 0.5) is 0 Å². The summed E-state index contributed by atoms with van der Waals surface area (Å²) in [6.07, 6.45) is 3.36. The molecule has 32 heavy (non-hydrogen) atoms. The zero-order chi connectivity index (χ0) is 22.3. The van der Waals surface area contributed by atoms with Gasteiger partial charge < -0.3 is 14.0 Å². The van der Waals surface area contributed by atoms with Crippen LogP contribution in [0.3, 0.4) is 0 Å². The number of aromatic nitrogens is 1. The molecule has 0 aliphatic carbocycles. The Labute approximate surface area is 194 Å². The molecule has 1 amide bonds. The van der Waals surface area contributed by atoms with E-state index >= 15 is 0 Å². The SMILES string of the molecule is COC(=O)Cn1cc(/C=N\NC(=O)COc2ccc(C3SCCS3)cc2)c2ccccc21. The maximum atomic E-state index is 12.1. The van der Waals surface area contributed by atoms with Crippen molar-refractivity contribution in [2.45, 2.75) is 11.1 Å². The molecular formula is C23H23N3O4S2. The van der Waals surface area contributed by atoms with Crippen LogP contribution in [0.1, 0.15) is 15.7 Å². The molecule has 0 atom stereocenters. The van der Waals surface area contributed by atoms with Crippen molar-refractivity contribution in [3.8, 4) is 5.75 Å². The van der Waals surface area contributed by atoms with Crippen molar-refractivity contribution in [2.24, 2.45) is 5.10 Å². The van der Waals surface area contributed by atoms with Crippen LogP contribution >= 0.6 is 23.5 Å². The van der Waals surface area contributed by atoms with Crippen molar-refractivity contribution in [1.29, 1.82) is 0 Å². The summed E-state index contributed by atoms with van der Waals surface area (Å²) < 4.78 is 12.6. The molecule has 0 radical (unpaired) electrons. The number of thioether (sulfide) groups is 2. The Balaban J connectivity index is 1.32. The highest BCUT2D eigenvalue weighted by Crippen LogP contribution is 2.45. The topological polar surface area (TPSA) is 81.9 Å². The number of hydrazone groups is 1. The third-order valence-corrected chi connectivity index (χ3v) is 7.99. The molecule has 0 bridgehead atoms. The van der Waals surface area contributed by atoms with Crippen LogP contribution in [0.15, 0.2) is 59.8 Å². The summed E-state index contributed by atoms with van der Waals surface area (Å²) in [5.41, 5.74) is 5.41. The Kier molecular flexibility index (Phi) is 7.39. The lowest BCUT2D eigenvalue weighted by Gasteiger charge is -2.10. The van der Waals surface area contributed by atoms with Gasteiger partial charge in [-0.1, -0.05) is 30.3 Å².